The molecule has 6 N–H and O–H groups in total. The van der Waals surface area contributed by atoms with Crippen LogP contribution in [-0.4, -0.2) is 80.9 Å². The van der Waals surface area contributed by atoms with E-state index in [0.29, 0.717) is 17.7 Å². The average Bonchev–Trinajstić information content (AvgIpc) is 3.62. The second-order valence-corrected chi connectivity index (χ2v) is 13.5. The van der Waals surface area contributed by atoms with Gasteiger partial charge in [0.2, 0.25) is 17.7 Å². The third-order valence-electron chi connectivity index (χ3n) is 8.30. The van der Waals surface area contributed by atoms with Gasteiger partial charge in [0, 0.05) is 30.6 Å². The minimum Gasteiger partial charge on any atom is -0.445 e. The maximum Gasteiger partial charge on any atom is 0.408 e. The van der Waals surface area contributed by atoms with Crippen LogP contribution in [0, 0.1) is 11.8 Å². The van der Waals surface area contributed by atoms with E-state index < -0.39 is 54.1 Å². The molecule has 1 aromatic carbocycles. The van der Waals surface area contributed by atoms with E-state index in [9.17, 15) is 29.4 Å². The standard InChI is InChI=1S/C36H50N6O7S/c1-5-24(4)31(19-43)39-33(45)17-32(44)28(14-23(2)3)40-35(47)30(16-27-21-50-22-38-27)41-34(46)29(15-26-12-9-13-37-18-26)42-36(48)49-20-25-10-7-6-8-11-25/h6-13,18,21-24,28-32,43-44H,5,14-17,19-20H2,1-4H3,(H,39,45)(H,40,47)(H,41,46)(H,42,48)/t24?,28?,29-,30-,31+,32?/m0/s1. The normalized spacial score (nSPS) is 14.8. The molecule has 14 heteroatoms. The van der Waals surface area contributed by atoms with E-state index in [1.165, 1.54) is 11.3 Å². The van der Waals surface area contributed by atoms with Gasteiger partial charge < -0.3 is 36.2 Å². The van der Waals surface area contributed by atoms with Crippen molar-refractivity contribution in [1.29, 1.82) is 0 Å². The first kappa shape index (κ1) is 40.0. The highest BCUT2D eigenvalue weighted by Crippen LogP contribution is 2.14. The Morgan fingerprint density at radius 2 is 1.58 bits per heavy atom. The summed E-state index contributed by atoms with van der Waals surface area (Å²) < 4.78 is 5.37. The number of amides is 4. The zero-order valence-electron chi connectivity index (χ0n) is 29.1. The summed E-state index contributed by atoms with van der Waals surface area (Å²) >= 11 is 1.34. The first-order chi connectivity index (χ1) is 24.0. The minimum atomic E-state index is -1.24. The molecule has 3 unspecified atom stereocenters. The molecule has 0 spiro atoms. The van der Waals surface area contributed by atoms with Crippen molar-refractivity contribution in [2.75, 3.05) is 6.61 Å². The SMILES string of the molecule is CCC(C)[C@@H](CO)NC(=O)CC(O)C(CC(C)C)NC(=O)[C@H](Cc1cscn1)NC(=O)[C@H](Cc1cccnc1)NC(=O)OCc1ccccc1. The van der Waals surface area contributed by atoms with Crippen LogP contribution in [0.4, 0.5) is 4.79 Å². The third-order valence-corrected chi connectivity index (χ3v) is 8.93. The highest BCUT2D eigenvalue weighted by molar-refractivity contribution is 7.07. The number of rotatable bonds is 20. The molecule has 0 aliphatic rings. The lowest BCUT2D eigenvalue weighted by atomic mass is 9.95. The van der Waals surface area contributed by atoms with Crippen LogP contribution in [-0.2, 0) is 38.6 Å². The van der Waals surface area contributed by atoms with Crippen LogP contribution in [0.3, 0.4) is 0 Å². The topological polar surface area (TPSA) is 192 Å². The van der Waals surface area contributed by atoms with Gasteiger partial charge in [-0.15, -0.1) is 11.3 Å². The zero-order valence-corrected chi connectivity index (χ0v) is 29.9. The van der Waals surface area contributed by atoms with Crippen molar-refractivity contribution in [3.63, 3.8) is 0 Å². The Morgan fingerprint density at radius 1 is 0.880 bits per heavy atom. The van der Waals surface area contributed by atoms with E-state index in [2.05, 4.69) is 31.2 Å². The lowest BCUT2D eigenvalue weighted by Gasteiger charge is -2.29. The van der Waals surface area contributed by atoms with Gasteiger partial charge in [-0.3, -0.25) is 19.4 Å². The summed E-state index contributed by atoms with van der Waals surface area (Å²) in [6.45, 7) is 7.49. The van der Waals surface area contributed by atoms with Gasteiger partial charge in [-0.1, -0.05) is 70.5 Å². The summed E-state index contributed by atoms with van der Waals surface area (Å²) in [5.41, 5.74) is 3.63. The Hall–Kier alpha value is -4.40. The predicted octanol–water partition coefficient (Wildman–Crippen LogP) is 2.91. The number of alkyl carbamates (subject to hydrolysis) is 1. The van der Waals surface area contributed by atoms with Gasteiger partial charge in [0.1, 0.15) is 18.7 Å². The van der Waals surface area contributed by atoms with Gasteiger partial charge in [-0.2, -0.15) is 0 Å². The fourth-order valence-corrected chi connectivity index (χ4v) is 5.82. The molecule has 0 saturated heterocycles. The Labute approximate surface area is 297 Å². The summed E-state index contributed by atoms with van der Waals surface area (Å²) in [5, 5.41) is 33.7. The average molecular weight is 711 g/mol. The van der Waals surface area contributed by atoms with Crippen molar-refractivity contribution >= 4 is 35.2 Å². The van der Waals surface area contributed by atoms with E-state index >= 15 is 0 Å². The smallest absolute Gasteiger partial charge is 0.408 e. The number of hydrogen-bond acceptors (Lipinski definition) is 10. The number of pyridine rings is 1. The second kappa shape index (κ2) is 21.0. The number of benzene rings is 1. The molecule has 3 aromatic rings. The highest BCUT2D eigenvalue weighted by atomic mass is 32.1. The number of aliphatic hydroxyl groups is 2. The molecule has 0 radical (unpaired) electrons. The third kappa shape index (κ3) is 13.8. The molecule has 4 amide bonds. The van der Waals surface area contributed by atoms with Gasteiger partial charge in [0.05, 0.1) is 42.4 Å². The Balaban J connectivity index is 1.77. The molecule has 2 aromatic heterocycles. The number of thiazole rings is 1. The van der Waals surface area contributed by atoms with E-state index in [0.717, 1.165) is 12.0 Å². The number of hydrogen-bond donors (Lipinski definition) is 6. The Kier molecular flexibility index (Phi) is 16.8. The number of ether oxygens (including phenoxy) is 1. The number of carbonyl (C=O) groups is 4. The van der Waals surface area contributed by atoms with Gasteiger partial charge in [-0.05, 0) is 35.4 Å². The predicted molar refractivity (Wildman–Crippen MR) is 190 cm³/mol. The number of carbonyl (C=O) groups excluding carboxylic acids is 4. The lowest BCUT2D eigenvalue weighted by molar-refractivity contribution is -0.131. The summed E-state index contributed by atoms with van der Waals surface area (Å²) in [6, 6.07) is 9.05. The number of aliphatic hydroxyl groups excluding tert-OH is 2. The molecule has 3 rings (SSSR count). The quantitative estimate of drug-likeness (QED) is 0.102. The van der Waals surface area contributed by atoms with Crippen LogP contribution in [0.5, 0.6) is 0 Å². The van der Waals surface area contributed by atoms with Gasteiger partial charge in [0.15, 0.2) is 0 Å². The maximum atomic E-state index is 13.9. The Bertz CT molecular complexity index is 1460. The van der Waals surface area contributed by atoms with Crippen LogP contribution < -0.4 is 21.3 Å². The molecule has 0 saturated carbocycles. The van der Waals surface area contributed by atoms with Crippen molar-refractivity contribution in [3.8, 4) is 0 Å². The van der Waals surface area contributed by atoms with E-state index in [-0.39, 0.29) is 44.3 Å². The van der Waals surface area contributed by atoms with Gasteiger partial charge in [-0.25, -0.2) is 9.78 Å². The van der Waals surface area contributed by atoms with Crippen molar-refractivity contribution in [1.82, 2.24) is 31.2 Å². The van der Waals surface area contributed by atoms with Crippen LogP contribution in [0.15, 0.2) is 65.7 Å². The molecular formula is C36H50N6O7S. The van der Waals surface area contributed by atoms with Crippen LogP contribution >= 0.6 is 11.3 Å². The molecule has 2 heterocycles. The van der Waals surface area contributed by atoms with E-state index in [1.807, 2.05) is 58.0 Å². The molecule has 0 aliphatic carbocycles. The zero-order chi connectivity index (χ0) is 36.5. The van der Waals surface area contributed by atoms with Crippen LogP contribution in [0.2, 0.25) is 0 Å². The molecule has 0 aliphatic heterocycles. The minimum absolute atomic E-state index is 0.00135. The van der Waals surface area contributed by atoms with Gasteiger partial charge in [0.25, 0.3) is 0 Å². The number of aromatic nitrogens is 2. The van der Waals surface area contributed by atoms with E-state index in [4.69, 9.17) is 4.74 Å². The van der Waals surface area contributed by atoms with Gasteiger partial charge >= 0.3 is 6.09 Å². The number of nitrogens with one attached hydrogen (secondary N) is 4. The fraction of sp³-hybridized carbons (Fsp3) is 0.500. The molecule has 272 valence electrons. The summed E-state index contributed by atoms with van der Waals surface area (Å²) in [5.74, 6) is -1.59. The molecule has 6 atom stereocenters. The summed E-state index contributed by atoms with van der Waals surface area (Å²) in [6.07, 6.45) is 2.03. The molecule has 50 heavy (non-hydrogen) atoms. The largest absolute Gasteiger partial charge is 0.445 e. The van der Waals surface area contributed by atoms with E-state index in [1.54, 1.807) is 35.4 Å². The van der Waals surface area contributed by atoms with Crippen LogP contribution in [0.25, 0.3) is 0 Å². The summed E-state index contributed by atoms with van der Waals surface area (Å²) in [4.78, 5) is 61.8. The monoisotopic (exact) mass is 710 g/mol. The maximum absolute atomic E-state index is 13.9. The highest BCUT2D eigenvalue weighted by Gasteiger charge is 2.32. The second-order valence-electron chi connectivity index (χ2n) is 12.8. The number of nitrogens with zero attached hydrogens (tertiary/aromatic N) is 2. The van der Waals surface area contributed by atoms with Crippen molar-refractivity contribution in [2.45, 2.75) is 96.7 Å². The molecular weight excluding hydrogens is 660 g/mol. The molecule has 0 bridgehead atoms. The van der Waals surface area contributed by atoms with Crippen molar-refractivity contribution in [3.05, 3.63) is 82.6 Å². The first-order valence-electron chi connectivity index (χ1n) is 16.9. The van der Waals surface area contributed by atoms with Crippen molar-refractivity contribution < 1.29 is 34.1 Å². The fourth-order valence-electron chi connectivity index (χ4n) is 5.25. The Morgan fingerprint density at radius 3 is 2.20 bits per heavy atom. The van der Waals surface area contributed by atoms with Crippen LogP contribution in [0.1, 0.15) is 63.8 Å². The lowest BCUT2D eigenvalue weighted by Crippen LogP contribution is -2.57. The summed E-state index contributed by atoms with van der Waals surface area (Å²) in [7, 11) is 0. The molecule has 0 fully saturated rings. The van der Waals surface area contributed by atoms with Crippen molar-refractivity contribution in [2.24, 2.45) is 11.8 Å². The molecule has 13 nitrogen and oxygen atoms in total. The first-order valence-corrected chi connectivity index (χ1v) is 17.8.